The molecular formula is C27H27N5O4. The largest absolute Gasteiger partial charge is 0.444 e. The molecule has 9 nitrogen and oxygen atoms in total. The summed E-state index contributed by atoms with van der Waals surface area (Å²) in [5.41, 5.74) is 2.62. The topological polar surface area (TPSA) is 98.8 Å². The van der Waals surface area contributed by atoms with Crippen molar-refractivity contribution in [3.8, 4) is 22.5 Å². The molecule has 4 aromatic rings. The number of piperidine rings is 1. The summed E-state index contributed by atoms with van der Waals surface area (Å²) in [5, 5.41) is 9.41. The third-order valence-electron chi connectivity index (χ3n) is 6.01. The van der Waals surface area contributed by atoms with Gasteiger partial charge in [0.25, 0.3) is 5.56 Å². The van der Waals surface area contributed by atoms with Gasteiger partial charge in [-0.15, -0.1) is 0 Å². The molecule has 1 fully saturated rings. The van der Waals surface area contributed by atoms with E-state index in [9.17, 15) is 14.4 Å². The molecule has 3 aromatic heterocycles. The van der Waals surface area contributed by atoms with Gasteiger partial charge in [0.2, 0.25) is 0 Å². The maximum atomic E-state index is 12.9. The fourth-order valence-electron chi connectivity index (χ4n) is 4.35. The van der Waals surface area contributed by atoms with Crippen LogP contribution in [0.3, 0.4) is 0 Å². The van der Waals surface area contributed by atoms with Crippen LogP contribution in [0.25, 0.3) is 28.0 Å². The number of rotatable bonds is 3. The third-order valence-corrected chi connectivity index (χ3v) is 6.01. The van der Waals surface area contributed by atoms with Crippen LogP contribution < -0.4 is 5.56 Å². The number of ether oxygens (including phenoxy) is 1. The number of pyridine rings is 1. The van der Waals surface area contributed by atoms with E-state index in [1.807, 2.05) is 54.7 Å². The van der Waals surface area contributed by atoms with Crippen molar-refractivity contribution in [3.05, 3.63) is 77.2 Å². The van der Waals surface area contributed by atoms with Crippen LogP contribution in [0.4, 0.5) is 4.79 Å². The molecule has 9 heteroatoms. The second-order valence-corrected chi connectivity index (χ2v) is 9.78. The first-order chi connectivity index (χ1) is 17.2. The monoisotopic (exact) mass is 485 g/mol. The number of Topliss-reactive ketones (excluding diaryl/α,β-unsaturated/α-hetero) is 1. The first-order valence-electron chi connectivity index (χ1n) is 11.8. The van der Waals surface area contributed by atoms with Gasteiger partial charge in [-0.3, -0.25) is 9.59 Å². The average Bonchev–Trinajstić information content (AvgIpc) is 3.24. The van der Waals surface area contributed by atoms with Gasteiger partial charge in [-0.25, -0.2) is 14.0 Å². The molecule has 1 atom stereocenters. The summed E-state index contributed by atoms with van der Waals surface area (Å²) in [7, 11) is 0. The van der Waals surface area contributed by atoms with Crippen LogP contribution in [-0.2, 0) is 9.53 Å². The Morgan fingerprint density at radius 3 is 2.47 bits per heavy atom. The highest BCUT2D eigenvalue weighted by Gasteiger charge is 2.34. The molecule has 1 amide bonds. The smallest absolute Gasteiger partial charge is 0.410 e. The van der Waals surface area contributed by atoms with E-state index in [0.29, 0.717) is 11.4 Å². The van der Waals surface area contributed by atoms with Crippen molar-refractivity contribution in [1.29, 1.82) is 0 Å². The number of hydrogen-bond donors (Lipinski definition) is 0. The lowest BCUT2D eigenvalue weighted by atomic mass is 10.0. The Kier molecular flexibility index (Phi) is 5.91. The van der Waals surface area contributed by atoms with Gasteiger partial charge < -0.3 is 9.64 Å². The number of ketones is 1. The van der Waals surface area contributed by atoms with E-state index in [2.05, 4.69) is 5.10 Å². The van der Waals surface area contributed by atoms with Gasteiger partial charge in [-0.1, -0.05) is 36.4 Å². The molecule has 4 heterocycles. The van der Waals surface area contributed by atoms with Gasteiger partial charge in [0.1, 0.15) is 17.3 Å². The number of fused-ring (bicyclic) bond motifs is 1. The van der Waals surface area contributed by atoms with Crippen molar-refractivity contribution >= 4 is 17.4 Å². The summed E-state index contributed by atoms with van der Waals surface area (Å²) in [6, 6.07) is 17.6. The molecule has 184 valence electrons. The van der Waals surface area contributed by atoms with Crippen LogP contribution in [-0.4, -0.2) is 54.9 Å². The van der Waals surface area contributed by atoms with Crippen LogP contribution in [0, 0.1) is 0 Å². The fraction of sp³-hybridized carbons (Fsp3) is 0.296. The summed E-state index contributed by atoms with van der Waals surface area (Å²) < 4.78 is 8.44. The minimum atomic E-state index is -0.902. The number of hydrogen-bond acceptors (Lipinski definition) is 6. The van der Waals surface area contributed by atoms with E-state index in [0.717, 1.165) is 16.6 Å². The van der Waals surface area contributed by atoms with Crippen LogP contribution in [0.15, 0.2) is 71.7 Å². The van der Waals surface area contributed by atoms with Crippen molar-refractivity contribution in [2.45, 2.75) is 38.8 Å². The summed E-state index contributed by atoms with van der Waals surface area (Å²) in [6.07, 6.45) is 1.46. The maximum Gasteiger partial charge on any atom is 0.410 e. The predicted octanol–water partition coefficient (Wildman–Crippen LogP) is 3.98. The third kappa shape index (κ3) is 4.51. The van der Waals surface area contributed by atoms with E-state index in [1.165, 1.54) is 15.6 Å². The first-order valence-corrected chi connectivity index (χ1v) is 11.8. The van der Waals surface area contributed by atoms with E-state index in [-0.39, 0.29) is 25.3 Å². The van der Waals surface area contributed by atoms with Crippen molar-refractivity contribution in [1.82, 2.24) is 24.3 Å². The lowest BCUT2D eigenvalue weighted by Crippen LogP contribution is -2.49. The molecule has 1 aliphatic heterocycles. The number of nitrogens with zero attached hydrogens (tertiary/aromatic N) is 5. The number of amides is 1. The van der Waals surface area contributed by atoms with Crippen molar-refractivity contribution in [2.75, 3.05) is 13.1 Å². The highest BCUT2D eigenvalue weighted by Crippen LogP contribution is 2.34. The second-order valence-electron chi connectivity index (χ2n) is 9.78. The molecule has 1 unspecified atom stereocenters. The minimum absolute atomic E-state index is 0.0183. The number of benzene rings is 1. The molecule has 0 aliphatic carbocycles. The molecule has 0 radical (unpaired) electrons. The van der Waals surface area contributed by atoms with Gasteiger partial charge >= 0.3 is 6.09 Å². The first kappa shape index (κ1) is 23.5. The molecule has 1 saturated heterocycles. The lowest BCUT2D eigenvalue weighted by molar-refractivity contribution is -0.125. The van der Waals surface area contributed by atoms with Crippen molar-refractivity contribution in [2.24, 2.45) is 0 Å². The van der Waals surface area contributed by atoms with Gasteiger partial charge in [0.15, 0.2) is 5.78 Å². The highest BCUT2D eigenvalue weighted by atomic mass is 16.6. The zero-order valence-corrected chi connectivity index (χ0v) is 20.4. The molecule has 1 aromatic carbocycles. The molecule has 0 bridgehead atoms. The highest BCUT2D eigenvalue weighted by molar-refractivity contribution is 5.91. The SMILES string of the molecule is CC(C)(C)OC(=O)N1CCC(=O)C(n2nc(-c3c(-c4ccccc4)nn4ccccc34)ccc2=O)C1. The number of aromatic nitrogens is 4. The van der Waals surface area contributed by atoms with Gasteiger partial charge in [-0.2, -0.15) is 10.2 Å². The predicted molar refractivity (Wildman–Crippen MR) is 135 cm³/mol. The molecule has 0 saturated carbocycles. The van der Waals surface area contributed by atoms with Crippen LogP contribution >= 0.6 is 0 Å². The van der Waals surface area contributed by atoms with Crippen molar-refractivity contribution < 1.29 is 14.3 Å². The van der Waals surface area contributed by atoms with E-state index in [4.69, 9.17) is 9.84 Å². The fourth-order valence-corrected chi connectivity index (χ4v) is 4.35. The molecule has 0 N–H and O–H groups in total. The van der Waals surface area contributed by atoms with Crippen LogP contribution in [0.2, 0.25) is 0 Å². The minimum Gasteiger partial charge on any atom is -0.444 e. The van der Waals surface area contributed by atoms with E-state index in [1.54, 1.807) is 31.4 Å². The number of carbonyl (C=O) groups excluding carboxylic acids is 2. The van der Waals surface area contributed by atoms with Gasteiger partial charge in [0, 0.05) is 30.8 Å². The Hall–Kier alpha value is -4.27. The van der Waals surface area contributed by atoms with Gasteiger partial charge in [0.05, 0.1) is 23.3 Å². The Morgan fingerprint density at radius 2 is 1.72 bits per heavy atom. The second kappa shape index (κ2) is 9.07. The summed E-state index contributed by atoms with van der Waals surface area (Å²) in [6.45, 7) is 5.62. The molecule has 5 rings (SSSR count). The molecular weight excluding hydrogens is 458 g/mol. The number of likely N-dealkylation sites (tertiary alicyclic amines) is 1. The quantitative estimate of drug-likeness (QED) is 0.435. The van der Waals surface area contributed by atoms with Crippen LogP contribution in [0.5, 0.6) is 0 Å². The van der Waals surface area contributed by atoms with Gasteiger partial charge in [-0.05, 0) is 39.0 Å². The standard InChI is InChI=1S/C27H27N5O4/c1-27(2,3)36-26(35)30-16-14-22(33)21(17-30)32-23(34)13-12-19(28-32)24-20-11-7-8-15-31(20)29-25(24)18-9-5-4-6-10-18/h4-13,15,21H,14,16-17H2,1-3H3. The lowest BCUT2D eigenvalue weighted by Gasteiger charge is -2.33. The summed E-state index contributed by atoms with van der Waals surface area (Å²) >= 11 is 0. The molecule has 0 spiro atoms. The maximum absolute atomic E-state index is 12.9. The zero-order chi connectivity index (χ0) is 25.4. The summed E-state index contributed by atoms with van der Waals surface area (Å²) in [5.74, 6) is -0.148. The Balaban J connectivity index is 1.58. The van der Waals surface area contributed by atoms with E-state index < -0.39 is 23.3 Å². The van der Waals surface area contributed by atoms with E-state index >= 15 is 0 Å². The van der Waals surface area contributed by atoms with Crippen molar-refractivity contribution in [3.63, 3.8) is 0 Å². The molecule has 36 heavy (non-hydrogen) atoms. The summed E-state index contributed by atoms with van der Waals surface area (Å²) in [4.78, 5) is 39.9. The zero-order valence-electron chi connectivity index (χ0n) is 20.4. The number of carbonyl (C=O) groups is 2. The Morgan fingerprint density at radius 1 is 0.972 bits per heavy atom. The molecule has 1 aliphatic rings. The van der Waals surface area contributed by atoms with Crippen LogP contribution in [0.1, 0.15) is 33.2 Å². The Labute approximate surface area is 207 Å². The normalized spacial score (nSPS) is 16.4. The average molecular weight is 486 g/mol. The Bertz CT molecular complexity index is 1500.